The van der Waals surface area contributed by atoms with Gasteiger partial charge in [0.2, 0.25) is 0 Å². The number of amides is 1. The molecule has 0 spiro atoms. The molecule has 0 saturated carbocycles. The summed E-state index contributed by atoms with van der Waals surface area (Å²) < 4.78 is 37.9. The maximum absolute atomic E-state index is 12.5. The lowest BCUT2D eigenvalue weighted by atomic mass is 9.98. The number of fused-ring (bicyclic) bond motifs is 1. The number of aromatic nitrogens is 1. The van der Waals surface area contributed by atoms with Crippen molar-refractivity contribution < 1.29 is 37.4 Å². The van der Waals surface area contributed by atoms with Gasteiger partial charge >= 0.3 is 12.1 Å². The third-order valence-corrected chi connectivity index (χ3v) is 6.02. The number of carbonyl (C=O) groups excluding carboxylic acids is 1. The smallest absolute Gasteiger partial charge is 0.475 e. The van der Waals surface area contributed by atoms with Gasteiger partial charge in [-0.25, -0.2) is 14.8 Å². The number of ether oxygens (including phenoxy) is 1. The van der Waals surface area contributed by atoms with Gasteiger partial charge < -0.3 is 9.84 Å². The van der Waals surface area contributed by atoms with Crippen LogP contribution in [-0.4, -0.2) is 76.1 Å². The Kier molecular flexibility index (Phi) is 7.66. The molecule has 0 bridgehead atoms. The average molecular weight is 451 g/mol. The molecule has 0 aromatic carbocycles. The van der Waals surface area contributed by atoms with E-state index in [9.17, 15) is 18.0 Å². The van der Waals surface area contributed by atoms with Crippen molar-refractivity contribution in [3.63, 3.8) is 0 Å². The van der Waals surface area contributed by atoms with Crippen LogP contribution < -0.4 is 0 Å². The predicted molar refractivity (Wildman–Crippen MR) is 99.4 cm³/mol. The van der Waals surface area contributed by atoms with Crippen LogP contribution in [0, 0.1) is 0 Å². The molecule has 1 aromatic rings. The number of hydroxylamine groups is 2. The van der Waals surface area contributed by atoms with Gasteiger partial charge in [0.25, 0.3) is 5.91 Å². The first-order valence-corrected chi connectivity index (χ1v) is 10.7. The Morgan fingerprint density at radius 1 is 1.23 bits per heavy atom. The largest absolute Gasteiger partial charge is 0.490 e. The Hall–Kier alpha value is -1.76. The van der Waals surface area contributed by atoms with Crippen molar-refractivity contribution in [1.29, 1.82) is 0 Å². The summed E-state index contributed by atoms with van der Waals surface area (Å²) in [6, 6.07) is 0.422. The number of carboxylic acid groups (broad SMARTS) is 1. The third kappa shape index (κ3) is 5.90. The zero-order valence-corrected chi connectivity index (χ0v) is 17.0. The third-order valence-electron chi connectivity index (χ3n) is 5.25. The minimum atomic E-state index is -5.08. The monoisotopic (exact) mass is 451 g/mol. The van der Waals surface area contributed by atoms with E-state index in [2.05, 4.69) is 9.88 Å². The lowest BCUT2D eigenvalue weighted by Gasteiger charge is -2.37. The molecule has 4 rings (SSSR count). The van der Waals surface area contributed by atoms with Crippen LogP contribution in [0.15, 0.2) is 11.6 Å². The summed E-state index contributed by atoms with van der Waals surface area (Å²) in [5.41, 5.74) is 0. The minimum absolute atomic E-state index is 0.0153. The van der Waals surface area contributed by atoms with Crippen LogP contribution in [0.25, 0.3) is 0 Å². The van der Waals surface area contributed by atoms with E-state index in [1.165, 1.54) is 5.06 Å². The van der Waals surface area contributed by atoms with E-state index in [1.807, 2.05) is 11.6 Å². The fourth-order valence-corrected chi connectivity index (χ4v) is 4.47. The number of carbonyl (C=O) groups is 2. The number of aliphatic carboxylic acids is 1. The summed E-state index contributed by atoms with van der Waals surface area (Å²) in [6.45, 7) is 3.27. The van der Waals surface area contributed by atoms with E-state index in [0.717, 1.165) is 50.2 Å². The molecule has 0 radical (unpaired) electrons. The highest BCUT2D eigenvalue weighted by atomic mass is 32.1. The molecule has 30 heavy (non-hydrogen) atoms. The Balaban J connectivity index is 0.000000318. The Bertz CT molecular complexity index is 712. The lowest BCUT2D eigenvalue weighted by molar-refractivity contribution is -0.213. The number of nitrogens with zero attached hydrogens (tertiary/aromatic N) is 3. The van der Waals surface area contributed by atoms with E-state index >= 15 is 0 Å². The molecule has 12 heteroatoms. The quantitative estimate of drug-likeness (QED) is 0.755. The van der Waals surface area contributed by atoms with E-state index in [-0.39, 0.29) is 18.1 Å². The van der Waals surface area contributed by atoms with Gasteiger partial charge in [-0.2, -0.15) is 13.2 Å². The summed E-state index contributed by atoms with van der Waals surface area (Å²) in [5.74, 6) is -2.74. The predicted octanol–water partition coefficient (Wildman–Crippen LogP) is 2.45. The zero-order chi connectivity index (χ0) is 21.7. The van der Waals surface area contributed by atoms with Crippen molar-refractivity contribution in [2.75, 3.05) is 19.7 Å². The second-order valence-corrected chi connectivity index (χ2v) is 8.26. The maximum atomic E-state index is 12.5. The molecule has 168 valence electrons. The normalized spacial score (nSPS) is 27.2. The first kappa shape index (κ1) is 22.9. The number of hydrogen-bond donors (Lipinski definition) is 1. The Morgan fingerprint density at radius 2 is 2.00 bits per heavy atom. The van der Waals surface area contributed by atoms with E-state index in [4.69, 9.17) is 19.5 Å². The molecule has 3 fully saturated rings. The molecule has 8 nitrogen and oxygen atoms in total. The summed E-state index contributed by atoms with van der Waals surface area (Å²) in [4.78, 5) is 33.8. The molecule has 0 unspecified atom stereocenters. The van der Waals surface area contributed by atoms with Crippen LogP contribution in [0.3, 0.4) is 0 Å². The lowest BCUT2D eigenvalue weighted by Crippen LogP contribution is -2.49. The molecule has 3 saturated heterocycles. The van der Waals surface area contributed by atoms with Crippen LogP contribution >= 0.6 is 11.3 Å². The van der Waals surface area contributed by atoms with Crippen molar-refractivity contribution in [2.24, 2.45) is 0 Å². The summed E-state index contributed by atoms with van der Waals surface area (Å²) >= 11 is 1.70. The van der Waals surface area contributed by atoms with Crippen LogP contribution in [0.5, 0.6) is 0 Å². The van der Waals surface area contributed by atoms with Gasteiger partial charge in [-0.1, -0.05) is 0 Å². The molecule has 4 heterocycles. The first-order valence-electron chi connectivity index (χ1n) is 9.78. The molecule has 1 amide bonds. The molecule has 1 aromatic heterocycles. The molecule has 3 aliphatic heterocycles. The van der Waals surface area contributed by atoms with Crippen LogP contribution in [0.4, 0.5) is 13.2 Å². The Labute approximate surface area is 175 Å². The van der Waals surface area contributed by atoms with E-state index in [1.54, 1.807) is 11.3 Å². The number of carboxylic acids is 1. The number of hydrogen-bond acceptors (Lipinski definition) is 7. The van der Waals surface area contributed by atoms with Gasteiger partial charge in [0, 0.05) is 30.7 Å². The van der Waals surface area contributed by atoms with Gasteiger partial charge in [0.05, 0.1) is 19.3 Å². The minimum Gasteiger partial charge on any atom is -0.475 e. The van der Waals surface area contributed by atoms with Crippen molar-refractivity contribution in [2.45, 2.75) is 63.1 Å². The van der Waals surface area contributed by atoms with Crippen LogP contribution in [-0.2, 0) is 25.7 Å². The standard InChI is InChI=1S/C16H23N3O3S.C2HF3O2/c20-16(19-7-1-2-9-21-19)14-4-3-12-13(22-14)5-8-18(12)11-15-17-6-10-23-15;3-2(4,5)1(6)7/h6,10,12-14H,1-5,7-9,11H2;(H,6,7)/t12-,13-,14-;/m1./s1. The fourth-order valence-electron chi connectivity index (χ4n) is 3.83. The highest BCUT2D eigenvalue weighted by Crippen LogP contribution is 2.33. The van der Waals surface area contributed by atoms with Gasteiger partial charge in [-0.3, -0.25) is 14.5 Å². The SMILES string of the molecule is O=C(O)C(F)(F)F.O=C([C@H]1CC[C@@H]2[C@@H](CCN2Cc2nccs2)O1)N1CCCCO1. The van der Waals surface area contributed by atoms with Gasteiger partial charge in [0.15, 0.2) is 0 Å². The highest BCUT2D eigenvalue weighted by Gasteiger charge is 2.43. The van der Waals surface area contributed by atoms with Gasteiger partial charge in [0.1, 0.15) is 11.1 Å². The Morgan fingerprint density at radius 3 is 2.60 bits per heavy atom. The summed E-state index contributed by atoms with van der Waals surface area (Å²) in [5, 5.41) is 11.8. The zero-order valence-electron chi connectivity index (χ0n) is 16.2. The van der Waals surface area contributed by atoms with Crippen molar-refractivity contribution in [3.8, 4) is 0 Å². The first-order chi connectivity index (χ1) is 14.3. The molecular formula is C18H24F3N3O5S. The average Bonchev–Trinajstić information content (AvgIpc) is 3.38. The molecular weight excluding hydrogens is 427 g/mol. The van der Waals surface area contributed by atoms with Gasteiger partial charge in [-0.15, -0.1) is 11.3 Å². The summed E-state index contributed by atoms with van der Waals surface area (Å²) in [6.07, 6.45) is 1.47. The second kappa shape index (κ2) is 10.0. The molecule has 3 aliphatic rings. The van der Waals surface area contributed by atoms with Gasteiger partial charge in [-0.05, 0) is 32.1 Å². The second-order valence-electron chi connectivity index (χ2n) is 7.28. The number of thiazole rings is 1. The number of rotatable bonds is 3. The van der Waals surface area contributed by atoms with Crippen molar-refractivity contribution in [3.05, 3.63) is 16.6 Å². The maximum Gasteiger partial charge on any atom is 0.490 e. The van der Waals surface area contributed by atoms with E-state index < -0.39 is 12.1 Å². The van der Waals surface area contributed by atoms with Crippen LogP contribution in [0.1, 0.15) is 37.1 Å². The topological polar surface area (TPSA) is 92.2 Å². The highest BCUT2D eigenvalue weighted by molar-refractivity contribution is 7.09. The number of likely N-dealkylation sites (tertiary alicyclic amines) is 1. The molecule has 0 aliphatic carbocycles. The summed E-state index contributed by atoms with van der Waals surface area (Å²) in [7, 11) is 0. The number of alkyl halides is 3. The fraction of sp³-hybridized carbons (Fsp3) is 0.722. The molecule has 3 atom stereocenters. The number of halogens is 3. The van der Waals surface area contributed by atoms with Crippen molar-refractivity contribution in [1.82, 2.24) is 14.9 Å². The van der Waals surface area contributed by atoms with E-state index in [0.29, 0.717) is 19.2 Å². The van der Waals surface area contributed by atoms with Crippen molar-refractivity contribution >= 4 is 23.2 Å². The van der Waals surface area contributed by atoms with Crippen LogP contribution in [0.2, 0.25) is 0 Å². The molecule has 1 N–H and O–H groups in total.